The molecule has 3 heterocycles. The van der Waals surface area contributed by atoms with E-state index in [0.29, 0.717) is 5.69 Å². The van der Waals surface area contributed by atoms with E-state index in [9.17, 15) is 19.2 Å². The van der Waals surface area contributed by atoms with Crippen molar-refractivity contribution >= 4 is 46.5 Å². The van der Waals surface area contributed by atoms with E-state index in [1.54, 1.807) is 31.0 Å². The summed E-state index contributed by atoms with van der Waals surface area (Å²) in [5.41, 5.74) is 2.79. The number of likely N-dealkylation sites (tertiary alicyclic amines) is 1. The number of H-pyrrole nitrogens is 1. The van der Waals surface area contributed by atoms with Crippen LogP contribution in [0.4, 0.5) is 5.69 Å². The van der Waals surface area contributed by atoms with Crippen molar-refractivity contribution in [2.75, 3.05) is 19.0 Å². The maximum Gasteiger partial charge on any atom is 0.305 e. The fourth-order valence-electron chi connectivity index (χ4n) is 7.40. The molecule has 7 unspecified atom stereocenters. The Kier molecular flexibility index (Phi) is 5.75. The normalized spacial score (nSPS) is 30.2. The molecule has 3 amide bonds. The molecule has 1 aromatic heterocycles. The van der Waals surface area contributed by atoms with Gasteiger partial charge in [-0.25, -0.2) is 0 Å². The van der Waals surface area contributed by atoms with Crippen LogP contribution in [0, 0.1) is 36.5 Å². The van der Waals surface area contributed by atoms with E-state index >= 15 is 0 Å². The van der Waals surface area contributed by atoms with Gasteiger partial charge in [-0.15, -0.1) is 11.8 Å². The number of aryl methyl sites for hydroxylation is 1. The van der Waals surface area contributed by atoms with E-state index < -0.39 is 11.8 Å². The first-order chi connectivity index (χ1) is 18.8. The molecule has 3 fully saturated rings. The number of anilines is 1. The zero-order chi connectivity index (χ0) is 27.0. The third kappa shape index (κ3) is 3.79. The van der Waals surface area contributed by atoms with Crippen LogP contribution in [-0.2, 0) is 14.4 Å². The van der Waals surface area contributed by atoms with Gasteiger partial charge in [0, 0.05) is 21.7 Å². The number of thioether (sulfide) groups is 1. The number of carbonyl (C=O) groups is 3. The van der Waals surface area contributed by atoms with Gasteiger partial charge in [0.25, 0.3) is 0 Å². The van der Waals surface area contributed by atoms with Crippen LogP contribution in [-0.4, -0.2) is 46.5 Å². The minimum atomic E-state index is -0.422. The van der Waals surface area contributed by atoms with Gasteiger partial charge in [-0.3, -0.25) is 24.1 Å². The van der Waals surface area contributed by atoms with E-state index in [0.717, 1.165) is 33.2 Å². The number of thiazole rings is 1. The first kappa shape index (κ1) is 24.7. The second kappa shape index (κ2) is 9.09. The van der Waals surface area contributed by atoms with Crippen molar-refractivity contribution in [2.24, 2.45) is 29.6 Å². The molecule has 3 aromatic rings. The highest BCUT2D eigenvalue weighted by molar-refractivity contribution is 8.00. The number of nitrogens with one attached hydrogen (secondary N) is 2. The van der Waals surface area contributed by atoms with Crippen molar-refractivity contribution in [3.63, 3.8) is 0 Å². The largest absolute Gasteiger partial charge is 0.497 e. The van der Waals surface area contributed by atoms with E-state index in [1.807, 2.05) is 43.3 Å². The first-order valence-corrected chi connectivity index (χ1v) is 14.8. The van der Waals surface area contributed by atoms with Crippen molar-refractivity contribution in [3.8, 4) is 5.75 Å². The van der Waals surface area contributed by atoms with Crippen molar-refractivity contribution in [2.45, 2.75) is 29.5 Å². The van der Waals surface area contributed by atoms with Crippen LogP contribution >= 0.6 is 23.1 Å². The highest BCUT2D eigenvalue weighted by Gasteiger charge is 2.69. The number of aromatic amines is 1. The summed E-state index contributed by atoms with van der Waals surface area (Å²) in [4.78, 5) is 57.7. The van der Waals surface area contributed by atoms with Crippen LogP contribution in [0.5, 0.6) is 5.75 Å². The van der Waals surface area contributed by atoms with Crippen LogP contribution in [0.3, 0.4) is 0 Å². The molecule has 10 heteroatoms. The average Bonchev–Trinajstić information content (AvgIpc) is 3.66. The zero-order valence-corrected chi connectivity index (χ0v) is 23.0. The Hall–Kier alpha value is -3.37. The number of benzene rings is 2. The number of ether oxygens (including phenoxy) is 1. The van der Waals surface area contributed by atoms with Gasteiger partial charge in [-0.05, 0) is 60.9 Å². The van der Waals surface area contributed by atoms with Gasteiger partial charge in [0.2, 0.25) is 17.7 Å². The summed E-state index contributed by atoms with van der Waals surface area (Å²) in [5.74, 6) is -0.817. The van der Waals surface area contributed by atoms with Gasteiger partial charge in [0.15, 0.2) is 0 Å². The number of methoxy groups -OCH3 is 1. The summed E-state index contributed by atoms with van der Waals surface area (Å²) in [6.45, 7) is 1.69. The Morgan fingerprint density at radius 3 is 2.41 bits per heavy atom. The lowest BCUT2D eigenvalue weighted by atomic mass is 9.68. The number of fused-ring (bicyclic) bond motifs is 9. The number of rotatable bonds is 5. The second-order valence-electron chi connectivity index (χ2n) is 10.9. The molecule has 2 aromatic carbocycles. The number of nitrogens with zero attached hydrogens (tertiary/aromatic N) is 1. The first-order valence-electron chi connectivity index (χ1n) is 13.1. The SMILES string of the molecule is COc1ccc(C2c3sc(=O)[nH]c3SC3C4CC(C5C(=O)N(CC(=O)Nc6ccc(C)cc6)C(=O)C45)C23)cc1. The molecule has 2 aliphatic heterocycles. The third-order valence-corrected chi connectivity index (χ3v) is 11.5. The molecule has 1 saturated heterocycles. The second-order valence-corrected chi connectivity index (χ2v) is 13.1. The number of hydrogen-bond acceptors (Lipinski definition) is 7. The number of carbonyl (C=O) groups excluding carboxylic acids is 3. The van der Waals surface area contributed by atoms with Crippen LogP contribution in [0.2, 0.25) is 0 Å². The quantitative estimate of drug-likeness (QED) is 0.458. The van der Waals surface area contributed by atoms with Crippen LogP contribution in [0.15, 0.2) is 58.4 Å². The molecule has 7 rings (SSSR count). The maximum absolute atomic E-state index is 13.7. The summed E-state index contributed by atoms with van der Waals surface area (Å²) in [6.07, 6.45) is 0.810. The predicted octanol–water partition coefficient (Wildman–Crippen LogP) is 3.87. The lowest BCUT2D eigenvalue weighted by molar-refractivity contribution is -0.143. The van der Waals surface area contributed by atoms with E-state index in [-0.39, 0.29) is 58.1 Å². The molecular formula is C29H27N3O5S2. The lowest BCUT2D eigenvalue weighted by Crippen LogP contribution is -2.42. The molecular weight excluding hydrogens is 534 g/mol. The maximum atomic E-state index is 13.7. The Balaban J connectivity index is 1.18. The van der Waals surface area contributed by atoms with Crippen molar-refractivity contribution in [1.29, 1.82) is 0 Å². The third-order valence-electron chi connectivity index (χ3n) is 8.93. The number of aromatic nitrogens is 1. The van der Waals surface area contributed by atoms with E-state index in [2.05, 4.69) is 10.3 Å². The highest BCUT2D eigenvalue weighted by atomic mass is 32.2. The Morgan fingerprint density at radius 1 is 1.03 bits per heavy atom. The summed E-state index contributed by atoms with van der Waals surface area (Å²) in [6, 6.07) is 15.3. The molecule has 2 bridgehead atoms. The molecule has 0 spiro atoms. The minimum Gasteiger partial charge on any atom is -0.497 e. The molecule has 8 nitrogen and oxygen atoms in total. The monoisotopic (exact) mass is 561 g/mol. The van der Waals surface area contributed by atoms with E-state index in [4.69, 9.17) is 4.74 Å². The van der Waals surface area contributed by atoms with Crippen molar-refractivity contribution in [1.82, 2.24) is 9.88 Å². The van der Waals surface area contributed by atoms with Crippen LogP contribution < -0.4 is 14.9 Å². The Morgan fingerprint density at radius 2 is 1.72 bits per heavy atom. The molecule has 39 heavy (non-hydrogen) atoms. The average molecular weight is 562 g/mol. The van der Waals surface area contributed by atoms with E-state index in [1.165, 1.54) is 16.2 Å². The minimum absolute atomic E-state index is 0.0107. The van der Waals surface area contributed by atoms with Gasteiger partial charge in [0.05, 0.1) is 24.0 Å². The fraction of sp³-hybridized carbons (Fsp3) is 0.379. The molecule has 2 saturated carbocycles. The van der Waals surface area contributed by atoms with Crippen molar-refractivity contribution in [3.05, 3.63) is 74.2 Å². The predicted molar refractivity (Wildman–Crippen MR) is 148 cm³/mol. The van der Waals surface area contributed by atoms with Gasteiger partial charge in [0.1, 0.15) is 12.3 Å². The summed E-state index contributed by atoms with van der Waals surface area (Å²) in [5, 5.41) is 3.80. The molecule has 200 valence electrons. The van der Waals surface area contributed by atoms with Gasteiger partial charge in [-0.1, -0.05) is 41.2 Å². The highest BCUT2D eigenvalue weighted by Crippen LogP contribution is 2.68. The molecule has 2 aliphatic carbocycles. The fourth-order valence-corrected chi connectivity index (χ4v) is 10.3. The standard InChI is InChI=1S/C29H27N3O5S2/c1-13-3-7-15(8-4-13)30-19(33)12-32-27(34)22-17-11-18(23(22)28(32)35)24-21(17)20(14-5-9-16(37-2)10-6-14)25-26(38-24)31-29(36)39-25/h3-10,17-18,20-24H,11-12H2,1-2H3,(H,30,33)(H,31,36). The van der Waals surface area contributed by atoms with Gasteiger partial charge in [-0.2, -0.15) is 0 Å². The Bertz CT molecular complexity index is 1550. The summed E-state index contributed by atoms with van der Waals surface area (Å²) in [7, 11) is 1.63. The zero-order valence-electron chi connectivity index (χ0n) is 21.4. The summed E-state index contributed by atoms with van der Waals surface area (Å²) >= 11 is 2.89. The number of hydrogen-bond donors (Lipinski definition) is 2. The lowest BCUT2D eigenvalue weighted by Gasteiger charge is -2.43. The van der Waals surface area contributed by atoms with Gasteiger partial charge >= 0.3 is 4.87 Å². The smallest absolute Gasteiger partial charge is 0.305 e. The summed E-state index contributed by atoms with van der Waals surface area (Å²) < 4.78 is 5.36. The van der Waals surface area contributed by atoms with Crippen LogP contribution in [0.1, 0.15) is 28.3 Å². The molecule has 4 aliphatic rings. The molecule has 7 atom stereocenters. The van der Waals surface area contributed by atoms with Crippen molar-refractivity contribution < 1.29 is 19.1 Å². The number of imide groups is 1. The molecule has 2 N–H and O–H groups in total. The number of amides is 3. The Labute approximate surface area is 233 Å². The van der Waals surface area contributed by atoms with Gasteiger partial charge < -0.3 is 15.0 Å². The molecule has 0 radical (unpaired) electrons. The van der Waals surface area contributed by atoms with Crippen LogP contribution in [0.25, 0.3) is 0 Å². The topological polar surface area (TPSA) is 109 Å².